The first-order chi connectivity index (χ1) is 12.4. The summed E-state index contributed by atoms with van der Waals surface area (Å²) in [6.07, 6.45) is 1.04. The molecule has 0 aromatic heterocycles. The fraction of sp³-hybridized carbons (Fsp3) is 0.316. The molecule has 1 heterocycles. The first kappa shape index (κ1) is 18.3. The van der Waals surface area contributed by atoms with Crippen molar-refractivity contribution in [3.05, 3.63) is 60.7 Å². The van der Waals surface area contributed by atoms with Crippen molar-refractivity contribution in [2.24, 2.45) is 0 Å². The normalized spacial score (nSPS) is 15.8. The third-order valence-corrected chi connectivity index (χ3v) is 5.52. The standard InChI is InChI=1S/C19H22N2O4S/c1-15(21(26(2,23)24)16-9-5-3-6-10-16)19(22)20-13-18(14-20)25-17-11-7-4-8-12-17/h3-12,15,18H,13-14H2,1-2H3. The second-order valence-electron chi connectivity index (χ2n) is 6.37. The van der Waals surface area contributed by atoms with Crippen molar-refractivity contribution in [3.8, 4) is 5.75 Å². The maximum atomic E-state index is 12.7. The van der Waals surface area contributed by atoms with E-state index in [1.807, 2.05) is 30.3 Å². The van der Waals surface area contributed by atoms with Crippen LogP contribution in [0.2, 0.25) is 0 Å². The molecule has 1 amide bonds. The number of para-hydroxylation sites is 2. The smallest absolute Gasteiger partial charge is 0.246 e. The molecule has 1 atom stereocenters. The summed E-state index contributed by atoms with van der Waals surface area (Å²) in [4.78, 5) is 14.4. The molecule has 6 nitrogen and oxygen atoms in total. The number of rotatable bonds is 6. The minimum Gasteiger partial charge on any atom is -0.487 e. The van der Waals surface area contributed by atoms with Crippen LogP contribution in [0.1, 0.15) is 6.92 Å². The number of likely N-dealkylation sites (tertiary alicyclic amines) is 1. The third kappa shape index (κ3) is 3.99. The second kappa shape index (κ2) is 7.37. The van der Waals surface area contributed by atoms with E-state index in [4.69, 9.17) is 4.74 Å². The molecule has 1 aliphatic rings. The number of ether oxygens (including phenoxy) is 1. The van der Waals surface area contributed by atoms with E-state index < -0.39 is 16.1 Å². The number of nitrogens with zero attached hydrogens (tertiary/aromatic N) is 2. The van der Waals surface area contributed by atoms with Crippen LogP contribution in [0.3, 0.4) is 0 Å². The van der Waals surface area contributed by atoms with E-state index in [0.717, 1.165) is 12.0 Å². The highest BCUT2D eigenvalue weighted by Crippen LogP contribution is 2.24. The molecule has 1 unspecified atom stereocenters. The molecular formula is C19H22N2O4S. The molecule has 0 N–H and O–H groups in total. The van der Waals surface area contributed by atoms with E-state index in [1.165, 1.54) is 4.31 Å². The molecule has 3 rings (SSSR count). The van der Waals surface area contributed by atoms with Crippen LogP contribution >= 0.6 is 0 Å². The van der Waals surface area contributed by atoms with Crippen molar-refractivity contribution in [1.29, 1.82) is 0 Å². The summed E-state index contributed by atoms with van der Waals surface area (Å²) in [6.45, 7) is 2.51. The minimum atomic E-state index is -3.59. The average molecular weight is 374 g/mol. The Labute approximate surface area is 154 Å². The highest BCUT2D eigenvalue weighted by molar-refractivity contribution is 7.92. The predicted octanol–water partition coefficient (Wildman–Crippen LogP) is 2.13. The van der Waals surface area contributed by atoms with Gasteiger partial charge in [0.15, 0.2) is 0 Å². The Morgan fingerprint density at radius 1 is 1.08 bits per heavy atom. The summed E-state index contributed by atoms with van der Waals surface area (Å²) in [5, 5.41) is 0. The van der Waals surface area contributed by atoms with Gasteiger partial charge in [-0.1, -0.05) is 36.4 Å². The maximum Gasteiger partial charge on any atom is 0.246 e. The highest BCUT2D eigenvalue weighted by atomic mass is 32.2. The van der Waals surface area contributed by atoms with Crippen LogP contribution in [0.4, 0.5) is 5.69 Å². The summed E-state index contributed by atoms with van der Waals surface area (Å²) in [5.74, 6) is 0.534. The summed E-state index contributed by atoms with van der Waals surface area (Å²) in [5.41, 5.74) is 0.480. The van der Waals surface area contributed by atoms with Crippen molar-refractivity contribution < 1.29 is 17.9 Å². The van der Waals surface area contributed by atoms with E-state index in [-0.39, 0.29) is 12.0 Å². The van der Waals surface area contributed by atoms with E-state index in [9.17, 15) is 13.2 Å². The monoisotopic (exact) mass is 374 g/mol. The predicted molar refractivity (Wildman–Crippen MR) is 101 cm³/mol. The lowest BCUT2D eigenvalue weighted by atomic mass is 10.1. The molecule has 1 saturated heterocycles. The van der Waals surface area contributed by atoms with Gasteiger partial charge in [0.25, 0.3) is 0 Å². The van der Waals surface area contributed by atoms with Gasteiger partial charge in [-0.2, -0.15) is 0 Å². The first-order valence-corrected chi connectivity index (χ1v) is 10.3. The lowest BCUT2D eigenvalue weighted by Gasteiger charge is -2.41. The molecule has 2 aromatic rings. The molecule has 26 heavy (non-hydrogen) atoms. The van der Waals surface area contributed by atoms with Crippen LogP contribution in [0.15, 0.2) is 60.7 Å². The lowest BCUT2D eigenvalue weighted by molar-refractivity contribution is -0.140. The Kier molecular flexibility index (Phi) is 5.18. The van der Waals surface area contributed by atoms with Crippen LogP contribution in [-0.4, -0.2) is 50.7 Å². The zero-order chi connectivity index (χ0) is 18.7. The van der Waals surface area contributed by atoms with Gasteiger partial charge in [0.05, 0.1) is 25.0 Å². The number of benzene rings is 2. The molecule has 7 heteroatoms. The Balaban J connectivity index is 1.66. The van der Waals surface area contributed by atoms with Crippen LogP contribution in [0, 0.1) is 0 Å². The van der Waals surface area contributed by atoms with Gasteiger partial charge in [-0.25, -0.2) is 8.42 Å². The van der Waals surface area contributed by atoms with Crippen LogP contribution in [-0.2, 0) is 14.8 Å². The van der Waals surface area contributed by atoms with Gasteiger partial charge in [-0.15, -0.1) is 0 Å². The zero-order valence-electron chi connectivity index (χ0n) is 14.8. The van der Waals surface area contributed by atoms with Gasteiger partial charge in [-0.05, 0) is 31.2 Å². The fourth-order valence-electron chi connectivity index (χ4n) is 3.03. The van der Waals surface area contributed by atoms with Crippen LogP contribution < -0.4 is 9.04 Å². The summed E-state index contributed by atoms with van der Waals surface area (Å²) >= 11 is 0. The van der Waals surface area contributed by atoms with Gasteiger partial charge in [0.1, 0.15) is 17.9 Å². The SMILES string of the molecule is CC(C(=O)N1CC(Oc2ccccc2)C1)N(c1ccccc1)S(C)(=O)=O. The second-order valence-corrected chi connectivity index (χ2v) is 8.23. The van der Waals surface area contributed by atoms with Gasteiger partial charge in [0, 0.05) is 0 Å². The number of anilines is 1. The Hall–Kier alpha value is -2.54. The molecule has 1 aliphatic heterocycles. The molecule has 0 spiro atoms. The average Bonchev–Trinajstić information content (AvgIpc) is 2.58. The summed E-state index contributed by atoms with van der Waals surface area (Å²) in [7, 11) is -3.59. The van der Waals surface area contributed by atoms with Crippen molar-refractivity contribution in [3.63, 3.8) is 0 Å². The minimum absolute atomic E-state index is 0.0723. The van der Waals surface area contributed by atoms with Crippen molar-refractivity contribution in [1.82, 2.24) is 4.90 Å². The number of hydrogen-bond donors (Lipinski definition) is 0. The third-order valence-electron chi connectivity index (χ3n) is 4.28. The molecule has 0 saturated carbocycles. The van der Waals surface area contributed by atoms with Crippen LogP contribution in [0.25, 0.3) is 0 Å². The lowest BCUT2D eigenvalue weighted by Crippen LogP contribution is -2.61. The Bertz CT molecular complexity index is 850. The fourth-order valence-corrected chi connectivity index (χ4v) is 4.20. The van der Waals surface area contributed by atoms with Gasteiger partial charge in [-0.3, -0.25) is 9.10 Å². The van der Waals surface area contributed by atoms with E-state index in [0.29, 0.717) is 18.8 Å². The largest absolute Gasteiger partial charge is 0.487 e. The summed E-state index contributed by atoms with van der Waals surface area (Å²) < 4.78 is 31.4. The molecule has 1 fully saturated rings. The number of sulfonamides is 1. The van der Waals surface area contributed by atoms with Crippen LogP contribution in [0.5, 0.6) is 5.75 Å². The topological polar surface area (TPSA) is 66.9 Å². The van der Waals surface area contributed by atoms with Crippen molar-refractivity contribution in [2.75, 3.05) is 23.7 Å². The van der Waals surface area contributed by atoms with Gasteiger partial charge < -0.3 is 9.64 Å². The van der Waals surface area contributed by atoms with Gasteiger partial charge >= 0.3 is 0 Å². The quantitative estimate of drug-likeness (QED) is 0.777. The van der Waals surface area contributed by atoms with E-state index >= 15 is 0 Å². The Morgan fingerprint density at radius 2 is 1.62 bits per heavy atom. The van der Waals surface area contributed by atoms with E-state index in [2.05, 4.69) is 0 Å². The van der Waals surface area contributed by atoms with Gasteiger partial charge in [0.2, 0.25) is 15.9 Å². The molecule has 0 bridgehead atoms. The zero-order valence-corrected chi connectivity index (χ0v) is 15.6. The van der Waals surface area contributed by atoms with E-state index in [1.54, 1.807) is 42.2 Å². The highest BCUT2D eigenvalue weighted by Gasteiger charge is 2.38. The number of carbonyl (C=O) groups excluding carboxylic acids is 1. The molecule has 2 aromatic carbocycles. The van der Waals surface area contributed by atoms with Crippen molar-refractivity contribution >= 4 is 21.6 Å². The number of amides is 1. The number of carbonyl (C=O) groups is 1. The van der Waals surface area contributed by atoms with Crippen molar-refractivity contribution in [2.45, 2.75) is 19.1 Å². The number of hydrogen-bond acceptors (Lipinski definition) is 4. The maximum absolute atomic E-state index is 12.7. The first-order valence-electron chi connectivity index (χ1n) is 8.41. The molecule has 138 valence electrons. The summed E-state index contributed by atoms with van der Waals surface area (Å²) in [6, 6.07) is 17.3. The molecular weight excluding hydrogens is 352 g/mol. The molecule has 0 aliphatic carbocycles. The molecule has 0 radical (unpaired) electrons. The Morgan fingerprint density at radius 3 is 2.15 bits per heavy atom.